The maximum Gasteiger partial charge on any atom is 0.194 e. The fourth-order valence-corrected chi connectivity index (χ4v) is 1.55. The molecule has 0 radical (unpaired) electrons. The largest absolute Gasteiger partial charge is 0.352 e. The minimum absolute atomic E-state index is 0.445. The van der Waals surface area contributed by atoms with Crippen molar-refractivity contribution in [1.29, 1.82) is 0 Å². The number of rotatable bonds is 2. The number of aliphatic imine (C=N–C) groups is 1. The van der Waals surface area contributed by atoms with Crippen LogP contribution < -0.4 is 5.32 Å². The summed E-state index contributed by atoms with van der Waals surface area (Å²) in [5.41, 5.74) is 0.696. The van der Waals surface area contributed by atoms with Gasteiger partial charge in [-0.1, -0.05) is 6.07 Å². The second-order valence-corrected chi connectivity index (χ2v) is 3.73. The van der Waals surface area contributed by atoms with Crippen LogP contribution >= 0.6 is 0 Å². The second-order valence-electron chi connectivity index (χ2n) is 3.73. The van der Waals surface area contributed by atoms with E-state index in [2.05, 4.69) is 10.3 Å². The molecule has 1 aliphatic heterocycles. The fraction of sp³-hybridized carbons (Fsp3) is 0.364. The van der Waals surface area contributed by atoms with Gasteiger partial charge in [0, 0.05) is 20.1 Å². The summed E-state index contributed by atoms with van der Waals surface area (Å²) in [7, 11) is 1.93. The maximum absolute atomic E-state index is 12.9. The third kappa shape index (κ3) is 2.29. The molecule has 0 aliphatic carbocycles. The van der Waals surface area contributed by atoms with E-state index in [0.717, 1.165) is 25.1 Å². The Balaban J connectivity index is 1.97. The van der Waals surface area contributed by atoms with Gasteiger partial charge in [0.2, 0.25) is 0 Å². The summed E-state index contributed by atoms with van der Waals surface area (Å²) >= 11 is 0. The highest BCUT2D eigenvalue weighted by molar-refractivity contribution is 5.81. The minimum atomic E-state index is -0.820. The van der Waals surface area contributed by atoms with E-state index in [1.807, 2.05) is 11.9 Å². The molecule has 0 aromatic heterocycles. The van der Waals surface area contributed by atoms with E-state index in [9.17, 15) is 8.78 Å². The molecular weight excluding hydrogens is 212 g/mol. The zero-order chi connectivity index (χ0) is 11.5. The highest BCUT2D eigenvalue weighted by Crippen LogP contribution is 2.08. The van der Waals surface area contributed by atoms with Crippen LogP contribution in [-0.4, -0.2) is 31.0 Å². The summed E-state index contributed by atoms with van der Waals surface area (Å²) < 4.78 is 25.6. The van der Waals surface area contributed by atoms with E-state index < -0.39 is 11.6 Å². The van der Waals surface area contributed by atoms with Crippen molar-refractivity contribution in [3.8, 4) is 0 Å². The Hall–Kier alpha value is -1.65. The number of benzene rings is 1. The highest BCUT2D eigenvalue weighted by atomic mass is 19.2. The maximum atomic E-state index is 12.9. The van der Waals surface area contributed by atoms with Crippen LogP contribution in [0.25, 0.3) is 0 Å². The molecule has 1 aromatic carbocycles. The van der Waals surface area contributed by atoms with E-state index in [4.69, 9.17) is 0 Å². The number of hydrogen-bond donors (Lipinski definition) is 1. The zero-order valence-corrected chi connectivity index (χ0v) is 9.00. The van der Waals surface area contributed by atoms with Gasteiger partial charge < -0.3 is 10.2 Å². The van der Waals surface area contributed by atoms with E-state index in [1.165, 1.54) is 6.07 Å². The fourth-order valence-electron chi connectivity index (χ4n) is 1.55. The van der Waals surface area contributed by atoms with E-state index in [1.54, 1.807) is 6.07 Å². The van der Waals surface area contributed by atoms with Gasteiger partial charge >= 0.3 is 0 Å². The first-order valence-corrected chi connectivity index (χ1v) is 5.10. The molecule has 1 aromatic rings. The first-order chi connectivity index (χ1) is 7.66. The van der Waals surface area contributed by atoms with Gasteiger partial charge in [-0.25, -0.2) is 8.78 Å². The molecule has 1 heterocycles. The van der Waals surface area contributed by atoms with E-state index in [-0.39, 0.29) is 0 Å². The number of halogens is 2. The Morgan fingerprint density at radius 1 is 1.38 bits per heavy atom. The quantitative estimate of drug-likeness (QED) is 0.823. The summed E-state index contributed by atoms with van der Waals surface area (Å²) in [6, 6.07) is 3.88. The smallest absolute Gasteiger partial charge is 0.194 e. The third-order valence-corrected chi connectivity index (χ3v) is 2.49. The number of guanidine groups is 1. The summed E-state index contributed by atoms with van der Waals surface area (Å²) in [4.78, 5) is 6.22. The molecule has 1 aliphatic rings. The lowest BCUT2D eigenvalue weighted by atomic mass is 10.2. The molecule has 0 saturated heterocycles. The monoisotopic (exact) mass is 225 g/mol. The van der Waals surface area contributed by atoms with Crippen molar-refractivity contribution in [2.24, 2.45) is 4.99 Å². The van der Waals surface area contributed by atoms with Crippen molar-refractivity contribution in [3.05, 3.63) is 35.4 Å². The van der Waals surface area contributed by atoms with Gasteiger partial charge in [-0.15, -0.1) is 0 Å². The number of nitrogens with zero attached hydrogens (tertiary/aromatic N) is 2. The predicted octanol–water partition coefficient (Wildman–Crippen LogP) is 1.36. The molecule has 0 saturated carbocycles. The van der Waals surface area contributed by atoms with Gasteiger partial charge in [0.25, 0.3) is 0 Å². The first-order valence-electron chi connectivity index (χ1n) is 5.10. The Bertz CT molecular complexity index is 418. The molecule has 5 heteroatoms. The molecule has 0 spiro atoms. The Kier molecular flexibility index (Phi) is 3.03. The summed E-state index contributed by atoms with van der Waals surface area (Å²) in [6.07, 6.45) is 0. The SMILES string of the molecule is CN1CCN=C1NCc1ccc(F)c(F)c1. The van der Waals surface area contributed by atoms with E-state index >= 15 is 0 Å². The van der Waals surface area contributed by atoms with Crippen LogP contribution in [0, 0.1) is 11.6 Å². The molecule has 0 bridgehead atoms. The van der Waals surface area contributed by atoms with Crippen LogP contribution in [0.3, 0.4) is 0 Å². The van der Waals surface area contributed by atoms with Crippen molar-refractivity contribution in [2.75, 3.05) is 20.1 Å². The molecule has 16 heavy (non-hydrogen) atoms. The van der Waals surface area contributed by atoms with Crippen LogP contribution in [0.4, 0.5) is 8.78 Å². The normalized spacial score (nSPS) is 15.2. The van der Waals surface area contributed by atoms with Crippen LogP contribution in [0.15, 0.2) is 23.2 Å². The van der Waals surface area contributed by atoms with Crippen molar-refractivity contribution >= 4 is 5.96 Å². The molecule has 0 fully saturated rings. The Morgan fingerprint density at radius 3 is 2.81 bits per heavy atom. The van der Waals surface area contributed by atoms with Gasteiger partial charge in [0.1, 0.15) is 0 Å². The van der Waals surface area contributed by atoms with Crippen LogP contribution in [0.2, 0.25) is 0 Å². The molecule has 0 atom stereocenters. The molecule has 86 valence electrons. The third-order valence-electron chi connectivity index (χ3n) is 2.49. The van der Waals surface area contributed by atoms with Crippen LogP contribution in [-0.2, 0) is 6.54 Å². The van der Waals surface area contributed by atoms with E-state index in [0.29, 0.717) is 12.1 Å². The summed E-state index contributed by atoms with van der Waals surface area (Å²) in [6.45, 7) is 2.11. The van der Waals surface area contributed by atoms with Gasteiger partial charge in [-0.05, 0) is 17.7 Å². The number of likely N-dealkylation sites (N-methyl/N-ethyl adjacent to an activating group) is 1. The van der Waals surface area contributed by atoms with Crippen LogP contribution in [0.1, 0.15) is 5.56 Å². The number of hydrogen-bond acceptors (Lipinski definition) is 3. The minimum Gasteiger partial charge on any atom is -0.352 e. The molecule has 0 amide bonds. The van der Waals surface area contributed by atoms with Gasteiger partial charge in [0.05, 0.1) is 6.54 Å². The predicted molar refractivity (Wildman–Crippen MR) is 58.1 cm³/mol. The highest BCUT2D eigenvalue weighted by Gasteiger charge is 2.11. The standard InChI is InChI=1S/C11H13F2N3/c1-16-5-4-14-11(16)15-7-8-2-3-9(12)10(13)6-8/h2-3,6H,4-5,7H2,1H3,(H,14,15). The lowest BCUT2D eigenvalue weighted by Gasteiger charge is -2.15. The second kappa shape index (κ2) is 4.47. The Labute approximate surface area is 92.8 Å². The van der Waals surface area contributed by atoms with Gasteiger partial charge in [-0.2, -0.15) is 0 Å². The van der Waals surface area contributed by atoms with Crippen molar-refractivity contribution < 1.29 is 8.78 Å². The van der Waals surface area contributed by atoms with Gasteiger partial charge in [-0.3, -0.25) is 4.99 Å². The first kappa shape index (κ1) is 10.9. The lowest BCUT2D eigenvalue weighted by Crippen LogP contribution is -2.35. The topological polar surface area (TPSA) is 27.6 Å². The van der Waals surface area contributed by atoms with Crippen LogP contribution in [0.5, 0.6) is 0 Å². The Morgan fingerprint density at radius 2 is 2.19 bits per heavy atom. The molecule has 1 N–H and O–H groups in total. The van der Waals surface area contributed by atoms with Crippen molar-refractivity contribution in [3.63, 3.8) is 0 Å². The van der Waals surface area contributed by atoms with Crippen molar-refractivity contribution in [2.45, 2.75) is 6.54 Å². The average molecular weight is 225 g/mol. The lowest BCUT2D eigenvalue weighted by molar-refractivity contribution is 0.506. The number of nitrogens with one attached hydrogen (secondary N) is 1. The molecule has 3 nitrogen and oxygen atoms in total. The molecule has 0 unspecified atom stereocenters. The zero-order valence-electron chi connectivity index (χ0n) is 9.00. The molecular formula is C11H13F2N3. The summed E-state index contributed by atoms with van der Waals surface area (Å²) in [5, 5.41) is 3.08. The average Bonchev–Trinajstić information content (AvgIpc) is 2.66. The summed E-state index contributed by atoms with van der Waals surface area (Å²) in [5.74, 6) is -0.843. The van der Waals surface area contributed by atoms with Crippen molar-refractivity contribution in [1.82, 2.24) is 10.2 Å². The molecule has 2 rings (SSSR count). The van der Waals surface area contributed by atoms with Gasteiger partial charge in [0.15, 0.2) is 17.6 Å².